The number of ketones is 1. The number of rotatable bonds is 3. The first-order chi connectivity index (χ1) is 6.77. The fourth-order valence-corrected chi connectivity index (χ4v) is 2.51. The van der Waals surface area contributed by atoms with Gasteiger partial charge in [0.1, 0.15) is 5.69 Å². The molecule has 0 amide bonds. The summed E-state index contributed by atoms with van der Waals surface area (Å²) in [6, 6.07) is 1.93. The maximum Gasteiger partial charge on any atom is 0.189 e. The summed E-state index contributed by atoms with van der Waals surface area (Å²) in [7, 11) is 0. The van der Waals surface area contributed by atoms with Crippen molar-refractivity contribution in [3.63, 3.8) is 0 Å². The number of Topliss-reactive ketones (excluding diaryl/α,β-unsaturated/α-hetero) is 1. The van der Waals surface area contributed by atoms with Crippen LogP contribution in [0.25, 0.3) is 0 Å². The summed E-state index contributed by atoms with van der Waals surface area (Å²) in [4.78, 5) is 12.6. The lowest BCUT2D eigenvalue weighted by atomic mass is 10.2. The van der Waals surface area contributed by atoms with Gasteiger partial charge in [0.25, 0.3) is 0 Å². The average molecular weight is 272 g/mol. The third-order valence-electron chi connectivity index (χ3n) is 1.71. The highest BCUT2D eigenvalue weighted by Gasteiger charge is 2.12. The molecule has 0 atom stereocenters. The highest BCUT2D eigenvalue weighted by atomic mass is 79.9. The van der Waals surface area contributed by atoms with Crippen LogP contribution in [-0.2, 0) is 6.42 Å². The lowest BCUT2D eigenvalue weighted by Crippen LogP contribution is -2.02. The standard InChI is InChI=1S/C8H6BrN3OS/c9-5-1-2-14-8(5)3-7(13)6-4-10-12-11-6/h1-2,4H,3H2,(H,10,11,12). The van der Waals surface area contributed by atoms with Crippen LogP contribution in [0.5, 0.6) is 0 Å². The normalized spacial score (nSPS) is 10.4. The Hall–Kier alpha value is -1.01. The third-order valence-corrected chi connectivity index (χ3v) is 3.64. The van der Waals surface area contributed by atoms with Crippen molar-refractivity contribution in [1.29, 1.82) is 0 Å². The molecule has 0 bridgehead atoms. The minimum atomic E-state index is -0.0260. The van der Waals surface area contributed by atoms with Gasteiger partial charge in [0.05, 0.1) is 6.20 Å². The number of H-pyrrole nitrogens is 1. The Balaban J connectivity index is 2.13. The summed E-state index contributed by atoms with van der Waals surface area (Å²) >= 11 is 4.92. The van der Waals surface area contributed by atoms with Gasteiger partial charge >= 0.3 is 0 Å². The molecule has 0 spiro atoms. The largest absolute Gasteiger partial charge is 0.292 e. The molecule has 0 saturated carbocycles. The van der Waals surface area contributed by atoms with E-state index in [0.29, 0.717) is 12.1 Å². The lowest BCUT2D eigenvalue weighted by Gasteiger charge is -1.94. The average Bonchev–Trinajstić information content (AvgIpc) is 2.77. The van der Waals surface area contributed by atoms with E-state index in [1.165, 1.54) is 6.20 Å². The van der Waals surface area contributed by atoms with Gasteiger partial charge in [0.2, 0.25) is 0 Å². The molecule has 0 aliphatic carbocycles. The van der Waals surface area contributed by atoms with Gasteiger partial charge < -0.3 is 0 Å². The van der Waals surface area contributed by atoms with Crippen LogP contribution in [0, 0.1) is 0 Å². The second-order valence-electron chi connectivity index (χ2n) is 2.65. The highest BCUT2D eigenvalue weighted by molar-refractivity contribution is 9.10. The molecule has 72 valence electrons. The van der Waals surface area contributed by atoms with E-state index in [0.717, 1.165) is 9.35 Å². The SMILES string of the molecule is O=C(Cc1sccc1Br)c1cn[nH]n1. The fourth-order valence-electron chi connectivity index (χ4n) is 1.02. The first-order valence-corrected chi connectivity index (χ1v) is 5.55. The number of aromatic nitrogens is 3. The van der Waals surface area contributed by atoms with Gasteiger partial charge in [-0.15, -0.1) is 11.3 Å². The van der Waals surface area contributed by atoms with E-state index >= 15 is 0 Å². The van der Waals surface area contributed by atoms with Crippen LogP contribution in [0.4, 0.5) is 0 Å². The number of hydrogen-bond acceptors (Lipinski definition) is 4. The molecule has 0 saturated heterocycles. The van der Waals surface area contributed by atoms with Crippen LogP contribution in [0.3, 0.4) is 0 Å². The predicted molar refractivity (Wildman–Crippen MR) is 56.4 cm³/mol. The Morgan fingerprint density at radius 2 is 2.50 bits per heavy atom. The molecule has 0 aliphatic heterocycles. The molecule has 6 heteroatoms. The fraction of sp³-hybridized carbons (Fsp3) is 0.125. The second-order valence-corrected chi connectivity index (χ2v) is 4.50. The number of hydrogen-bond donors (Lipinski definition) is 1. The smallest absolute Gasteiger partial charge is 0.189 e. The molecule has 2 heterocycles. The summed E-state index contributed by atoms with van der Waals surface area (Å²) in [6.45, 7) is 0. The Labute approximate surface area is 92.5 Å². The van der Waals surface area contributed by atoms with Crippen molar-refractivity contribution in [1.82, 2.24) is 15.4 Å². The molecule has 1 N–H and O–H groups in total. The molecule has 14 heavy (non-hydrogen) atoms. The topological polar surface area (TPSA) is 58.6 Å². The molecule has 0 fully saturated rings. The molecule has 2 aromatic heterocycles. The summed E-state index contributed by atoms with van der Waals surface area (Å²) < 4.78 is 0.972. The minimum absolute atomic E-state index is 0.0260. The highest BCUT2D eigenvalue weighted by Crippen LogP contribution is 2.23. The maximum atomic E-state index is 11.6. The second kappa shape index (κ2) is 4.02. The van der Waals surface area contributed by atoms with Gasteiger partial charge in [-0.2, -0.15) is 15.4 Å². The summed E-state index contributed by atoms with van der Waals surface area (Å²) in [5.74, 6) is -0.0260. The molecule has 2 rings (SSSR count). The van der Waals surface area contributed by atoms with E-state index in [2.05, 4.69) is 31.3 Å². The molecule has 0 unspecified atom stereocenters. The first kappa shape index (κ1) is 9.54. The van der Waals surface area contributed by atoms with E-state index < -0.39 is 0 Å². The molecule has 4 nitrogen and oxygen atoms in total. The van der Waals surface area contributed by atoms with E-state index in [9.17, 15) is 4.79 Å². The van der Waals surface area contributed by atoms with Crippen molar-refractivity contribution in [3.05, 3.63) is 32.7 Å². The minimum Gasteiger partial charge on any atom is -0.292 e. The van der Waals surface area contributed by atoms with Crippen molar-refractivity contribution < 1.29 is 4.79 Å². The zero-order valence-electron chi connectivity index (χ0n) is 7.03. The van der Waals surface area contributed by atoms with E-state index in [1.54, 1.807) is 11.3 Å². The maximum absolute atomic E-state index is 11.6. The van der Waals surface area contributed by atoms with E-state index in [4.69, 9.17) is 0 Å². The number of nitrogens with one attached hydrogen (secondary N) is 1. The summed E-state index contributed by atoms with van der Waals surface area (Å²) in [5.41, 5.74) is 0.380. The number of carbonyl (C=O) groups excluding carboxylic acids is 1. The lowest BCUT2D eigenvalue weighted by molar-refractivity contribution is 0.0989. The van der Waals surface area contributed by atoms with Gasteiger partial charge in [-0.3, -0.25) is 4.79 Å². The Morgan fingerprint density at radius 3 is 3.07 bits per heavy atom. The van der Waals surface area contributed by atoms with Crippen LogP contribution in [-0.4, -0.2) is 21.2 Å². The Morgan fingerprint density at radius 1 is 1.64 bits per heavy atom. The first-order valence-electron chi connectivity index (χ1n) is 3.88. The van der Waals surface area contributed by atoms with Crippen LogP contribution in [0.2, 0.25) is 0 Å². The summed E-state index contributed by atoms with van der Waals surface area (Å²) in [6.07, 6.45) is 1.80. The molecular weight excluding hydrogens is 266 g/mol. The zero-order chi connectivity index (χ0) is 9.97. The van der Waals surface area contributed by atoms with E-state index in [-0.39, 0.29) is 5.78 Å². The quantitative estimate of drug-likeness (QED) is 0.870. The molecule has 2 aromatic rings. The van der Waals surface area contributed by atoms with Gasteiger partial charge in [0, 0.05) is 15.8 Å². The molecule has 0 radical (unpaired) electrons. The monoisotopic (exact) mass is 271 g/mol. The zero-order valence-corrected chi connectivity index (χ0v) is 9.43. The van der Waals surface area contributed by atoms with Crippen molar-refractivity contribution in [2.75, 3.05) is 0 Å². The van der Waals surface area contributed by atoms with Gasteiger partial charge in [0.15, 0.2) is 5.78 Å². The third kappa shape index (κ3) is 1.91. The van der Waals surface area contributed by atoms with E-state index in [1.807, 2.05) is 11.4 Å². The van der Waals surface area contributed by atoms with Crippen LogP contribution < -0.4 is 0 Å². The Kier molecular flexibility index (Phi) is 2.74. The number of aromatic amines is 1. The Bertz CT molecular complexity index is 437. The van der Waals surface area contributed by atoms with Crippen molar-refractivity contribution in [3.8, 4) is 0 Å². The van der Waals surface area contributed by atoms with Crippen molar-refractivity contribution in [2.24, 2.45) is 0 Å². The van der Waals surface area contributed by atoms with Gasteiger partial charge in [-0.1, -0.05) is 0 Å². The summed E-state index contributed by atoms with van der Waals surface area (Å²) in [5, 5.41) is 11.7. The molecular formula is C8H6BrN3OS. The van der Waals surface area contributed by atoms with Crippen LogP contribution in [0.1, 0.15) is 15.4 Å². The van der Waals surface area contributed by atoms with Crippen LogP contribution >= 0.6 is 27.3 Å². The molecule has 0 aliphatic rings. The molecule has 0 aromatic carbocycles. The van der Waals surface area contributed by atoms with Gasteiger partial charge in [-0.05, 0) is 27.4 Å². The van der Waals surface area contributed by atoms with Gasteiger partial charge in [-0.25, -0.2) is 0 Å². The van der Waals surface area contributed by atoms with Crippen LogP contribution in [0.15, 0.2) is 22.1 Å². The number of nitrogens with zero attached hydrogens (tertiary/aromatic N) is 2. The van der Waals surface area contributed by atoms with Crippen molar-refractivity contribution in [2.45, 2.75) is 6.42 Å². The number of carbonyl (C=O) groups is 1. The van der Waals surface area contributed by atoms with Crippen molar-refractivity contribution >= 4 is 33.0 Å². The number of thiophene rings is 1. The number of halogens is 1. The predicted octanol–water partition coefficient (Wildman–Crippen LogP) is 2.05.